The van der Waals surface area contributed by atoms with E-state index in [1.807, 2.05) is 6.07 Å². The van der Waals surface area contributed by atoms with Crippen molar-refractivity contribution in [2.75, 3.05) is 5.73 Å². The van der Waals surface area contributed by atoms with Crippen molar-refractivity contribution < 1.29 is 0 Å². The second-order valence-corrected chi connectivity index (χ2v) is 3.97. The van der Waals surface area contributed by atoms with E-state index in [0.717, 1.165) is 4.57 Å². The molecule has 2 N–H and O–H groups in total. The number of fused-ring (bicyclic) bond motifs is 1. The highest BCUT2D eigenvalue weighted by Gasteiger charge is 2.16. The Labute approximate surface area is 108 Å². The van der Waals surface area contributed by atoms with Crippen LogP contribution in [0.3, 0.4) is 0 Å². The molecule has 2 rings (SSSR count). The molecule has 0 amide bonds. The minimum Gasteiger partial charge on any atom is -0.397 e. The minimum atomic E-state index is -0.505. The largest absolute Gasteiger partial charge is 0.397 e. The van der Waals surface area contributed by atoms with Gasteiger partial charge in [0.05, 0.1) is 11.3 Å². The van der Waals surface area contributed by atoms with Crippen molar-refractivity contribution in [2.45, 2.75) is 26.9 Å². The Morgan fingerprint density at radius 3 is 2.47 bits per heavy atom. The molecule has 0 spiro atoms. The quantitative estimate of drug-likeness (QED) is 0.820. The maximum Gasteiger partial charge on any atom is 0.332 e. The molecule has 0 unspecified atom stereocenters. The molecule has 0 aliphatic carbocycles. The fourth-order valence-corrected chi connectivity index (χ4v) is 2.04. The van der Waals surface area contributed by atoms with Crippen molar-refractivity contribution in [1.82, 2.24) is 14.1 Å². The Bertz CT molecular complexity index is 810. The molecule has 0 aromatic carbocycles. The molecule has 0 radical (unpaired) electrons. The Morgan fingerprint density at radius 1 is 1.32 bits per heavy atom. The monoisotopic (exact) mass is 259 g/mol. The lowest BCUT2D eigenvalue weighted by Crippen LogP contribution is -2.40. The van der Waals surface area contributed by atoms with Crippen molar-refractivity contribution in [3.05, 3.63) is 32.6 Å². The summed E-state index contributed by atoms with van der Waals surface area (Å²) >= 11 is 0. The van der Waals surface area contributed by atoms with Crippen LogP contribution in [0, 0.1) is 11.3 Å². The highest BCUT2D eigenvalue weighted by molar-refractivity contribution is 5.89. The van der Waals surface area contributed by atoms with Crippen molar-refractivity contribution in [3.8, 4) is 6.07 Å². The average Bonchev–Trinajstić information content (AvgIpc) is 2.39. The third-order valence-corrected chi connectivity index (χ3v) is 3.03. The van der Waals surface area contributed by atoms with Crippen LogP contribution in [0.15, 0.2) is 15.8 Å². The van der Waals surface area contributed by atoms with Gasteiger partial charge in [-0.1, -0.05) is 0 Å². The molecule has 0 aliphatic rings. The number of nitrogen functional groups attached to an aromatic ring is 1. The average molecular weight is 259 g/mol. The zero-order valence-corrected chi connectivity index (χ0v) is 10.7. The Morgan fingerprint density at radius 2 is 1.95 bits per heavy atom. The number of hydrogen-bond donors (Lipinski definition) is 1. The summed E-state index contributed by atoms with van der Waals surface area (Å²) in [4.78, 5) is 28.4. The van der Waals surface area contributed by atoms with E-state index in [1.54, 1.807) is 13.8 Å². The van der Waals surface area contributed by atoms with Gasteiger partial charge in [0.2, 0.25) is 0 Å². The van der Waals surface area contributed by atoms with Gasteiger partial charge in [-0.2, -0.15) is 5.26 Å². The normalized spacial score (nSPS) is 10.6. The second-order valence-electron chi connectivity index (χ2n) is 3.97. The third kappa shape index (κ3) is 1.69. The van der Waals surface area contributed by atoms with Gasteiger partial charge in [-0.3, -0.25) is 13.9 Å². The number of nitriles is 1. The van der Waals surface area contributed by atoms with E-state index in [1.165, 1.54) is 10.8 Å². The lowest BCUT2D eigenvalue weighted by atomic mass is 10.2. The second kappa shape index (κ2) is 4.57. The van der Waals surface area contributed by atoms with Gasteiger partial charge >= 0.3 is 5.69 Å². The van der Waals surface area contributed by atoms with Crippen LogP contribution in [-0.2, 0) is 13.1 Å². The maximum absolute atomic E-state index is 12.3. The first kappa shape index (κ1) is 12.8. The van der Waals surface area contributed by atoms with E-state index < -0.39 is 11.2 Å². The third-order valence-electron chi connectivity index (χ3n) is 3.03. The Balaban J connectivity index is 3.15. The lowest BCUT2D eigenvalue weighted by Gasteiger charge is -2.12. The minimum absolute atomic E-state index is 0.0712. The molecule has 0 aliphatic heterocycles. The van der Waals surface area contributed by atoms with E-state index in [2.05, 4.69) is 4.98 Å². The Kier molecular flexibility index (Phi) is 3.09. The number of aryl methyl sites for hydroxylation is 1. The van der Waals surface area contributed by atoms with Crippen molar-refractivity contribution >= 4 is 16.7 Å². The van der Waals surface area contributed by atoms with Crippen LogP contribution in [0.2, 0.25) is 0 Å². The van der Waals surface area contributed by atoms with Crippen LogP contribution in [0.25, 0.3) is 11.0 Å². The van der Waals surface area contributed by atoms with E-state index in [0.29, 0.717) is 6.54 Å². The summed E-state index contributed by atoms with van der Waals surface area (Å²) in [6.07, 6.45) is 1.28. The number of rotatable bonds is 2. The van der Waals surface area contributed by atoms with Gasteiger partial charge in [0.25, 0.3) is 5.56 Å². The number of hydrogen-bond acceptors (Lipinski definition) is 5. The standard InChI is InChI=1S/C12H13N5O2/c1-3-16-10-8(9(14)7(5-13)6-15-10)11(18)17(4-2)12(16)19/h6H,3-4H2,1-2H3,(H2,14,15). The predicted octanol–water partition coefficient (Wildman–Crippen LogP) is 0.0519. The van der Waals surface area contributed by atoms with Crippen molar-refractivity contribution in [3.63, 3.8) is 0 Å². The first-order chi connectivity index (χ1) is 9.06. The molecule has 2 heterocycles. The maximum atomic E-state index is 12.3. The molecule has 0 saturated carbocycles. The number of pyridine rings is 1. The summed E-state index contributed by atoms with van der Waals surface area (Å²) in [5.41, 5.74) is 5.34. The zero-order valence-electron chi connectivity index (χ0n) is 10.7. The van der Waals surface area contributed by atoms with Crippen LogP contribution in [-0.4, -0.2) is 14.1 Å². The summed E-state index contributed by atoms with van der Waals surface area (Å²) in [6.45, 7) is 4.09. The van der Waals surface area contributed by atoms with Crippen LogP contribution in [0.4, 0.5) is 5.69 Å². The molecule has 0 atom stereocenters. The van der Waals surface area contributed by atoms with E-state index >= 15 is 0 Å². The smallest absolute Gasteiger partial charge is 0.332 e. The first-order valence-corrected chi connectivity index (χ1v) is 5.88. The predicted molar refractivity (Wildman–Crippen MR) is 70.7 cm³/mol. The van der Waals surface area contributed by atoms with Crippen LogP contribution in [0.1, 0.15) is 19.4 Å². The molecule has 0 bridgehead atoms. The number of anilines is 1. The molecule has 98 valence electrons. The molecule has 2 aromatic rings. The molecule has 0 fully saturated rings. The lowest BCUT2D eigenvalue weighted by molar-refractivity contribution is 0.605. The summed E-state index contributed by atoms with van der Waals surface area (Å²) in [6, 6.07) is 1.88. The number of nitrogens with zero attached hydrogens (tertiary/aromatic N) is 4. The summed E-state index contributed by atoms with van der Waals surface area (Å²) in [5, 5.41) is 9.06. The molecule has 2 aromatic heterocycles. The fraction of sp³-hybridized carbons (Fsp3) is 0.333. The summed E-state index contributed by atoms with van der Waals surface area (Å²) in [5.74, 6) is 0. The van der Waals surface area contributed by atoms with Gasteiger partial charge in [-0.05, 0) is 13.8 Å². The molecule has 7 heteroatoms. The van der Waals surface area contributed by atoms with Crippen molar-refractivity contribution in [2.24, 2.45) is 0 Å². The number of nitrogens with two attached hydrogens (primary N) is 1. The summed E-state index contributed by atoms with van der Waals surface area (Å²) in [7, 11) is 0. The van der Waals surface area contributed by atoms with Crippen LogP contribution < -0.4 is 17.0 Å². The van der Waals surface area contributed by atoms with Gasteiger partial charge in [0.15, 0.2) is 5.65 Å². The SMILES string of the molecule is CCn1c(=O)c2c(N)c(C#N)cnc2n(CC)c1=O. The zero-order chi connectivity index (χ0) is 14.2. The van der Waals surface area contributed by atoms with Crippen molar-refractivity contribution in [1.29, 1.82) is 5.26 Å². The van der Waals surface area contributed by atoms with Gasteiger partial charge in [0, 0.05) is 19.3 Å². The molecule has 0 saturated heterocycles. The molecule has 7 nitrogen and oxygen atoms in total. The highest BCUT2D eigenvalue weighted by atomic mass is 16.2. The molecular formula is C12H13N5O2. The first-order valence-electron chi connectivity index (χ1n) is 5.88. The van der Waals surface area contributed by atoms with E-state index in [9.17, 15) is 9.59 Å². The van der Waals surface area contributed by atoms with Gasteiger partial charge in [0.1, 0.15) is 11.5 Å². The van der Waals surface area contributed by atoms with Gasteiger partial charge in [-0.15, -0.1) is 0 Å². The summed E-state index contributed by atoms with van der Waals surface area (Å²) < 4.78 is 2.46. The van der Waals surface area contributed by atoms with Gasteiger partial charge < -0.3 is 5.73 Å². The topological polar surface area (TPSA) is 107 Å². The van der Waals surface area contributed by atoms with E-state index in [4.69, 9.17) is 11.0 Å². The van der Waals surface area contributed by atoms with Crippen LogP contribution >= 0.6 is 0 Å². The molecule has 19 heavy (non-hydrogen) atoms. The van der Waals surface area contributed by atoms with E-state index in [-0.39, 0.29) is 28.8 Å². The molecular weight excluding hydrogens is 246 g/mol. The van der Waals surface area contributed by atoms with Gasteiger partial charge in [-0.25, -0.2) is 9.78 Å². The number of aromatic nitrogens is 3. The van der Waals surface area contributed by atoms with Crippen LogP contribution in [0.5, 0.6) is 0 Å². The fourth-order valence-electron chi connectivity index (χ4n) is 2.04. The highest BCUT2D eigenvalue weighted by Crippen LogP contribution is 2.17. The Hall–Kier alpha value is -2.62.